The molecule has 0 unspecified atom stereocenters. The molecule has 1 aromatic carbocycles. The maximum absolute atomic E-state index is 11.0. The summed E-state index contributed by atoms with van der Waals surface area (Å²) in [4.78, 5) is 15.4. The Labute approximate surface area is 119 Å². The number of amides is 1. The van der Waals surface area contributed by atoms with Gasteiger partial charge in [-0.15, -0.1) is 0 Å². The lowest BCUT2D eigenvalue weighted by Gasteiger charge is -2.09. The number of aromatic nitrogens is 1. The second kappa shape index (κ2) is 6.37. The first-order chi connectivity index (χ1) is 9.60. The van der Waals surface area contributed by atoms with Gasteiger partial charge >= 0.3 is 0 Å². The normalized spacial score (nSPS) is 10.7. The molecule has 4 nitrogen and oxygen atoms in total. The van der Waals surface area contributed by atoms with Crippen molar-refractivity contribution >= 4 is 16.8 Å². The first-order valence-electron chi connectivity index (χ1n) is 6.91. The molecular weight excluding hydrogens is 252 g/mol. The number of hydrogen-bond acceptors (Lipinski definition) is 3. The van der Waals surface area contributed by atoms with Crippen LogP contribution in [0.4, 0.5) is 0 Å². The number of nitrogens with two attached hydrogens (primary N) is 1. The van der Waals surface area contributed by atoms with E-state index in [-0.39, 0.29) is 12.3 Å². The zero-order valence-corrected chi connectivity index (χ0v) is 12.0. The van der Waals surface area contributed by atoms with Crippen LogP contribution in [0.2, 0.25) is 0 Å². The number of rotatable bonds is 6. The largest absolute Gasteiger partial charge is 0.494 e. The second-order valence-electron chi connectivity index (χ2n) is 4.95. The third-order valence-electron chi connectivity index (χ3n) is 3.16. The van der Waals surface area contributed by atoms with Gasteiger partial charge in [-0.05, 0) is 43.2 Å². The van der Waals surface area contributed by atoms with Crippen LogP contribution >= 0.6 is 0 Å². The fourth-order valence-corrected chi connectivity index (χ4v) is 2.14. The van der Waals surface area contributed by atoms with Gasteiger partial charge in [0.1, 0.15) is 5.75 Å². The van der Waals surface area contributed by atoms with Gasteiger partial charge in [0.05, 0.1) is 24.2 Å². The monoisotopic (exact) mass is 272 g/mol. The Morgan fingerprint density at radius 2 is 2.15 bits per heavy atom. The first-order valence-corrected chi connectivity index (χ1v) is 6.91. The average molecular weight is 272 g/mol. The van der Waals surface area contributed by atoms with Crippen molar-refractivity contribution in [1.82, 2.24) is 4.98 Å². The molecule has 1 heterocycles. The number of primary amides is 1. The van der Waals surface area contributed by atoms with Crippen LogP contribution in [0.15, 0.2) is 24.3 Å². The van der Waals surface area contributed by atoms with Gasteiger partial charge in [-0.3, -0.25) is 9.78 Å². The maximum Gasteiger partial charge on any atom is 0.223 e. The zero-order valence-electron chi connectivity index (χ0n) is 12.0. The van der Waals surface area contributed by atoms with E-state index < -0.39 is 0 Å². The van der Waals surface area contributed by atoms with Gasteiger partial charge in [0, 0.05) is 5.39 Å². The van der Waals surface area contributed by atoms with Crippen LogP contribution in [-0.4, -0.2) is 17.5 Å². The Kier molecular flexibility index (Phi) is 4.56. The van der Waals surface area contributed by atoms with Gasteiger partial charge in [0.2, 0.25) is 5.91 Å². The van der Waals surface area contributed by atoms with Crippen LogP contribution in [-0.2, 0) is 11.2 Å². The van der Waals surface area contributed by atoms with E-state index in [9.17, 15) is 4.79 Å². The summed E-state index contributed by atoms with van der Waals surface area (Å²) in [7, 11) is 0. The minimum absolute atomic E-state index is 0.172. The number of benzene rings is 1. The summed E-state index contributed by atoms with van der Waals surface area (Å²) >= 11 is 0. The molecule has 2 aromatic rings. The highest BCUT2D eigenvalue weighted by Crippen LogP contribution is 2.23. The van der Waals surface area contributed by atoms with Crippen molar-refractivity contribution in [1.29, 1.82) is 0 Å². The lowest BCUT2D eigenvalue weighted by atomic mass is 10.1. The molecule has 0 saturated heterocycles. The van der Waals surface area contributed by atoms with Crippen molar-refractivity contribution in [3.63, 3.8) is 0 Å². The summed E-state index contributed by atoms with van der Waals surface area (Å²) in [5.41, 5.74) is 7.86. The lowest BCUT2D eigenvalue weighted by Crippen LogP contribution is -2.14. The molecule has 0 fully saturated rings. The Hall–Kier alpha value is -2.10. The first kappa shape index (κ1) is 14.3. The van der Waals surface area contributed by atoms with Gasteiger partial charge in [0.25, 0.3) is 0 Å². The molecule has 4 heteroatoms. The van der Waals surface area contributed by atoms with E-state index in [4.69, 9.17) is 10.5 Å². The van der Waals surface area contributed by atoms with E-state index in [1.54, 1.807) is 0 Å². The highest BCUT2D eigenvalue weighted by Gasteiger charge is 2.06. The third-order valence-corrected chi connectivity index (χ3v) is 3.16. The van der Waals surface area contributed by atoms with Crippen LogP contribution in [0.25, 0.3) is 10.9 Å². The van der Waals surface area contributed by atoms with E-state index in [0.717, 1.165) is 41.7 Å². The zero-order chi connectivity index (χ0) is 14.5. The second-order valence-corrected chi connectivity index (χ2v) is 4.95. The number of hydrogen-bond donors (Lipinski definition) is 1. The van der Waals surface area contributed by atoms with Crippen molar-refractivity contribution in [3.05, 3.63) is 35.5 Å². The quantitative estimate of drug-likeness (QED) is 0.822. The van der Waals surface area contributed by atoms with Crippen LogP contribution in [0, 0.1) is 6.92 Å². The van der Waals surface area contributed by atoms with E-state index in [2.05, 4.69) is 11.9 Å². The van der Waals surface area contributed by atoms with Crippen molar-refractivity contribution in [2.45, 2.75) is 33.1 Å². The molecule has 0 spiro atoms. The fraction of sp³-hybridized carbons (Fsp3) is 0.375. The van der Waals surface area contributed by atoms with Crippen molar-refractivity contribution in [2.24, 2.45) is 5.73 Å². The molecule has 1 aromatic heterocycles. The highest BCUT2D eigenvalue weighted by atomic mass is 16.5. The topological polar surface area (TPSA) is 65.2 Å². The predicted molar refractivity (Wildman–Crippen MR) is 79.8 cm³/mol. The SMILES string of the molecule is CCCCOc1ccc2nc(CC(N)=O)cc(C)c2c1. The minimum atomic E-state index is -0.365. The summed E-state index contributed by atoms with van der Waals surface area (Å²) < 4.78 is 5.70. The van der Waals surface area contributed by atoms with E-state index in [0.29, 0.717) is 5.69 Å². The number of nitrogens with zero attached hydrogens (tertiary/aromatic N) is 1. The summed E-state index contributed by atoms with van der Waals surface area (Å²) in [5.74, 6) is 0.495. The number of unbranched alkanes of at least 4 members (excludes halogenated alkanes) is 1. The molecule has 0 aliphatic rings. The van der Waals surface area contributed by atoms with Crippen LogP contribution in [0.3, 0.4) is 0 Å². The summed E-state index contributed by atoms with van der Waals surface area (Å²) in [6.45, 7) is 4.87. The standard InChI is InChI=1S/C16H20N2O2/c1-3-4-7-20-13-5-6-15-14(10-13)11(2)8-12(18-15)9-16(17)19/h5-6,8,10H,3-4,7,9H2,1-2H3,(H2,17,19). The van der Waals surface area contributed by atoms with Gasteiger partial charge in [-0.2, -0.15) is 0 Å². The van der Waals surface area contributed by atoms with E-state index in [1.165, 1.54) is 0 Å². The van der Waals surface area contributed by atoms with Crippen molar-refractivity contribution in [2.75, 3.05) is 6.61 Å². The molecule has 0 saturated carbocycles. The van der Waals surface area contributed by atoms with Crippen molar-refractivity contribution < 1.29 is 9.53 Å². The van der Waals surface area contributed by atoms with E-state index >= 15 is 0 Å². The summed E-state index contributed by atoms with van der Waals surface area (Å²) in [6, 6.07) is 7.75. The Balaban J connectivity index is 2.29. The summed E-state index contributed by atoms with van der Waals surface area (Å²) in [6.07, 6.45) is 2.34. The number of aryl methyl sites for hydroxylation is 1. The minimum Gasteiger partial charge on any atom is -0.494 e. The molecule has 2 rings (SSSR count). The molecule has 0 atom stereocenters. The molecule has 106 valence electrons. The smallest absolute Gasteiger partial charge is 0.223 e. The van der Waals surface area contributed by atoms with Crippen LogP contribution in [0.5, 0.6) is 5.75 Å². The number of carbonyl (C=O) groups excluding carboxylic acids is 1. The number of carbonyl (C=O) groups is 1. The molecule has 0 aliphatic heterocycles. The maximum atomic E-state index is 11.0. The number of fused-ring (bicyclic) bond motifs is 1. The molecule has 0 aliphatic carbocycles. The number of pyridine rings is 1. The fourth-order valence-electron chi connectivity index (χ4n) is 2.14. The summed E-state index contributed by atoms with van der Waals surface area (Å²) in [5, 5.41) is 1.05. The Bertz CT molecular complexity index is 623. The molecule has 1 amide bonds. The van der Waals surface area contributed by atoms with Gasteiger partial charge < -0.3 is 10.5 Å². The molecule has 0 radical (unpaired) electrons. The van der Waals surface area contributed by atoms with Crippen molar-refractivity contribution in [3.8, 4) is 5.75 Å². The highest BCUT2D eigenvalue weighted by molar-refractivity contribution is 5.84. The Morgan fingerprint density at radius 1 is 1.35 bits per heavy atom. The molecule has 0 bridgehead atoms. The van der Waals surface area contributed by atoms with Crippen LogP contribution < -0.4 is 10.5 Å². The van der Waals surface area contributed by atoms with Gasteiger partial charge in [-0.1, -0.05) is 13.3 Å². The molecule has 20 heavy (non-hydrogen) atoms. The lowest BCUT2D eigenvalue weighted by molar-refractivity contribution is -0.117. The average Bonchev–Trinajstić information content (AvgIpc) is 2.39. The third kappa shape index (κ3) is 3.47. The molecule has 2 N–H and O–H groups in total. The van der Waals surface area contributed by atoms with Gasteiger partial charge in [0.15, 0.2) is 0 Å². The van der Waals surface area contributed by atoms with E-state index in [1.807, 2.05) is 31.2 Å². The molecular formula is C16H20N2O2. The Morgan fingerprint density at radius 3 is 2.85 bits per heavy atom. The number of ether oxygens (including phenoxy) is 1. The van der Waals surface area contributed by atoms with Crippen LogP contribution in [0.1, 0.15) is 31.0 Å². The van der Waals surface area contributed by atoms with Gasteiger partial charge in [-0.25, -0.2) is 0 Å². The predicted octanol–water partition coefficient (Wildman–Crippen LogP) is 2.75.